The molecule has 1 heterocycles. The number of amides is 1. The van der Waals surface area contributed by atoms with Crippen molar-refractivity contribution in [3.63, 3.8) is 0 Å². The topological polar surface area (TPSA) is 101 Å². The monoisotopic (exact) mass is 263 g/mol. The Kier molecular flexibility index (Phi) is 3.46. The van der Waals surface area contributed by atoms with E-state index in [2.05, 4.69) is 10.5 Å². The van der Waals surface area contributed by atoms with Crippen LogP contribution in [0.4, 0.5) is 10.1 Å². The van der Waals surface area contributed by atoms with Gasteiger partial charge in [0.05, 0.1) is 17.5 Å². The number of rotatable bonds is 3. The van der Waals surface area contributed by atoms with Crippen molar-refractivity contribution in [3.8, 4) is 0 Å². The molecule has 0 aliphatic carbocycles. The molecule has 7 heteroatoms. The minimum Gasteiger partial charge on any atom is -0.472 e. The van der Waals surface area contributed by atoms with Crippen molar-refractivity contribution >= 4 is 17.4 Å². The zero-order chi connectivity index (χ0) is 13.8. The Bertz CT molecular complexity index is 623. The molecule has 0 radical (unpaired) electrons. The average Bonchev–Trinajstić information content (AvgIpc) is 2.94. The van der Waals surface area contributed by atoms with Crippen LogP contribution < -0.4 is 11.1 Å². The molecule has 4 N–H and O–H groups in total. The average molecular weight is 263 g/mol. The van der Waals surface area contributed by atoms with E-state index in [1.54, 1.807) is 0 Å². The molecule has 0 saturated heterocycles. The van der Waals surface area contributed by atoms with Gasteiger partial charge in [0.25, 0.3) is 5.91 Å². The number of nitrogens with zero attached hydrogens (tertiary/aromatic N) is 1. The van der Waals surface area contributed by atoms with Crippen LogP contribution in [-0.2, 0) is 0 Å². The highest BCUT2D eigenvalue weighted by molar-refractivity contribution is 6.09. The van der Waals surface area contributed by atoms with Crippen LogP contribution in [0.1, 0.15) is 15.9 Å². The van der Waals surface area contributed by atoms with E-state index < -0.39 is 11.7 Å². The second-order valence-corrected chi connectivity index (χ2v) is 3.64. The summed E-state index contributed by atoms with van der Waals surface area (Å²) in [6, 6.07) is 5.00. The summed E-state index contributed by atoms with van der Waals surface area (Å²) in [5, 5.41) is 13.9. The molecule has 2 rings (SSSR count). The first kappa shape index (κ1) is 12.6. The van der Waals surface area contributed by atoms with E-state index in [0.29, 0.717) is 5.56 Å². The molecule has 0 saturated carbocycles. The minimum atomic E-state index is -0.567. The van der Waals surface area contributed by atoms with Gasteiger partial charge >= 0.3 is 0 Å². The molecule has 2 aromatic rings. The normalized spacial score (nSPS) is 11.3. The zero-order valence-electron chi connectivity index (χ0n) is 9.63. The van der Waals surface area contributed by atoms with E-state index in [4.69, 9.17) is 15.4 Å². The predicted molar refractivity (Wildman–Crippen MR) is 65.6 cm³/mol. The number of carbonyl (C=O) groups excluding carboxylic acids is 1. The van der Waals surface area contributed by atoms with Gasteiger partial charge < -0.3 is 20.7 Å². The van der Waals surface area contributed by atoms with E-state index in [-0.39, 0.29) is 17.1 Å². The first-order chi connectivity index (χ1) is 9.11. The molecule has 1 aromatic carbocycles. The van der Waals surface area contributed by atoms with Gasteiger partial charge in [-0.2, -0.15) is 0 Å². The number of halogens is 1. The van der Waals surface area contributed by atoms with Crippen LogP contribution in [0.15, 0.2) is 46.4 Å². The van der Waals surface area contributed by atoms with Gasteiger partial charge in [0.15, 0.2) is 5.84 Å². The summed E-state index contributed by atoms with van der Waals surface area (Å²) in [6.07, 6.45) is 2.62. The number of hydrogen-bond acceptors (Lipinski definition) is 4. The molecule has 98 valence electrons. The van der Waals surface area contributed by atoms with Crippen LogP contribution in [0.5, 0.6) is 0 Å². The van der Waals surface area contributed by atoms with Crippen molar-refractivity contribution in [2.75, 3.05) is 5.32 Å². The van der Waals surface area contributed by atoms with Crippen molar-refractivity contribution in [2.45, 2.75) is 0 Å². The standard InChI is InChI=1S/C12H10FN3O3/c13-8-1-2-10(9(5-8)11(14)16-18)15-12(17)7-3-4-19-6-7/h1-6,18H,(H2,14,16)(H,15,17). The maximum absolute atomic E-state index is 13.1. The Hall–Kier alpha value is -2.83. The molecule has 0 bridgehead atoms. The van der Waals surface area contributed by atoms with Gasteiger partial charge in [0.2, 0.25) is 0 Å². The molecule has 0 spiro atoms. The van der Waals surface area contributed by atoms with E-state index in [1.165, 1.54) is 24.7 Å². The number of anilines is 1. The molecule has 6 nitrogen and oxygen atoms in total. The Morgan fingerprint density at radius 3 is 2.84 bits per heavy atom. The van der Waals surface area contributed by atoms with E-state index >= 15 is 0 Å². The maximum atomic E-state index is 13.1. The fourth-order valence-corrected chi connectivity index (χ4v) is 1.48. The first-order valence-electron chi connectivity index (χ1n) is 5.23. The minimum absolute atomic E-state index is 0.0827. The van der Waals surface area contributed by atoms with Crippen LogP contribution in [0.3, 0.4) is 0 Å². The largest absolute Gasteiger partial charge is 0.472 e. The van der Waals surface area contributed by atoms with Crippen molar-refractivity contribution < 1.29 is 18.8 Å². The summed E-state index contributed by atoms with van der Waals surface area (Å²) in [4.78, 5) is 11.8. The van der Waals surface area contributed by atoms with Crippen LogP contribution in [0, 0.1) is 5.82 Å². The molecular weight excluding hydrogens is 253 g/mol. The van der Waals surface area contributed by atoms with Gasteiger partial charge in [-0.3, -0.25) is 4.79 Å². The SMILES string of the molecule is N/C(=N/O)c1cc(F)ccc1NC(=O)c1ccoc1. The quantitative estimate of drug-likeness (QED) is 0.340. The summed E-state index contributed by atoms with van der Waals surface area (Å²) >= 11 is 0. The van der Waals surface area contributed by atoms with E-state index in [1.807, 2.05) is 0 Å². The lowest BCUT2D eigenvalue weighted by Gasteiger charge is -2.09. The third-order valence-electron chi connectivity index (χ3n) is 2.40. The zero-order valence-corrected chi connectivity index (χ0v) is 9.63. The van der Waals surface area contributed by atoms with Crippen LogP contribution >= 0.6 is 0 Å². The lowest BCUT2D eigenvalue weighted by Crippen LogP contribution is -2.19. The fraction of sp³-hybridized carbons (Fsp3) is 0. The van der Waals surface area contributed by atoms with Gasteiger partial charge in [-0.15, -0.1) is 0 Å². The number of oxime groups is 1. The summed E-state index contributed by atoms with van der Waals surface area (Å²) in [5.74, 6) is -1.32. The van der Waals surface area contributed by atoms with Gasteiger partial charge in [0, 0.05) is 5.56 Å². The van der Waals surface area contributed by atoms with Gasteiger partial charge in [-0.1, -0.05) is 5.16 Å². The lowest BCUT2D eigenvalue weighted by atomic mass is 10.1. The summed E-state index contributed by atoms with van der Waals surface area (Å²) < 4.78 is 17.9. The molecule has 1 amide bonds. The molecule has 1 aromatic heterocycles. The number of nitrogens with one attached hydrogen (secondary N) is 1. The Morgan fingerprint density at radius 2 is 2.21 bits per heavy atom. The van der Waals surface area contributed by atoms with Gasteiger partial charge in [-0.25, -0.2) is 4.39 Å². The molecule has 0 atom stereocenters. The van der Waals surface area contributed by atoms with Gasteiger partial charge in [-0.05, 0) is 24.3 Å². The van der Waals surface area contributed by atoms with Crippen LogP contribution in [0.2, 0.25) is 0 Å². The highest BCUT2D eigenvalue weighted by Crippen LogP contribution is 2.18. The van der Waals surface area contributed by atoms with E-state index in [9.17, 15) is 9.18 Å². The number of amidine groups is 1. The first-order valence-corrected chi connectivity index (χ1v) is 5.23. The molecular formula is C12H10FN3O3. The smallest absolute Gasteiger partial charge is 0.258 e. The fourth-order valence-electron chi connectivity index (χ4n) is 1.48. The van der Waals surface area contributed by atoms with Crippen LogP contribution in [0.25, 0.3) is 0 Å². The van der Waals surface area contributed by atoms with Crippen molar-refractivity contribution in [3.05, 3.63) is 53.7 Å². The number of carbonyl (C=O) groups is 1. The third-order valence-corrected chi connectivity index (χ3v) is 2.40. The molecule has 0 aliphatic rings. The number of furan rings is 1. The highest BCUT2D eigenvalue weighted by Gasteiger charge is 2.13. The highest BCUT2D eigenvalue weighted by atomic mass is 19.1. The number of benzene rings is 1. The summed E-state index contributed by atoms with van der Waals surface area (Å²) in [6.45, 7) is 0. The second kappa shape index (κ2) is 5.21. The Labute approximate surface area is 107 Å². The lowest BCUT2D eigenvalue weighted by molar-refractivity contribution is 0.102. The van der Waals surface area contributed by atoms with Gasteiger partial charge in [0.1, 0.15) is 12.1 Å². The van der Waals surface area contributed by atoms with Crippen molar-refractivity contribution in [2.24, 2.45) is 10.9 Å². The molecule has 0 fully saturated rings. The Morgan fingerprint density at radius 1 is 1.42 bits per heavy atom. The summed E-state index contributed by atoms with van der Waals surface area (Å²) in [5.41, 5.74) is 6.03. The molecule has 0 unspecified atom stereocenters. The molecule has 19 heavy (non-hydrogen) atoms. The van der Waals surface area contributed by atoms with Crippen LogP contribution in [-0.4, -0.2) is 17.0 Å². The number of hydrogen-bond donors (Lipinski definition) is 3. The third kappa shape index (κ3) is 2.71. The maximum Gasteiger partial charge on any atom is 0.258 e. The Balaban J connectivity index is 2.32. The number of nitrogens with two attached hydrogens (primary N) is 1. The summed E-state index contributed by atoms with van der Waals surface area (Å²) in [7, 11) is 0. The predicted octanol–water partition coefficient (Wildman–Crippen LogP) is 1.77. The second-order valence-electron chi connectivity index (χ2n) is 3.64. The van der Waals surface area contributed by atoms with Crippen molar-refractivity contribution in [1.82, 2.24) is 0 Å². The van der Waals surface area contributed by atoms with E-state index in [0.717, 1.165) is 12.1 Å². The van der Waals surface area contributed by atoms with Crippen molar-refractivity contribution in [1.29, 1.82) is 0 Å². The molecule has 0 aliphatic heterocycles.